The van der Waals surface area contributed by atoms with Gasteiger partial charge in [-0.25, -0.2) is 0 Å². The number of likely N-dealkylation sites (tertiary alicyclic amines) is 1. The average molecular weight is 318 g/mol. The summed E-state index contributed by atoms with van der Waals surface area (Å²) in [6, 6.07) is 5.38. The molecule has 1 aromatic rings. The highest BCUT2D eigenvalue weighted by atomic mass is 16.5. The van der Waals surface area contributed by atoms with E-state index in [0.29, 0.717) is 24.2 Å². The maximum absolute atomic E-state index is 12.4. The molecule has 1 spiro atoms. The van der Waals surface area contributed by atoms with Crippen LogP contribution < -0.4 is 10.1 Å². The van der Waals surface area contributed by atoms with Gasteiger partial charge in [-0.15, -0.1) is 0 Å². The van der Waals surface area contributed by atoms with Crippen LogP contribution in [0.2, 0.25) is 0 Å². The highest BCUT2D eigenvalue weighted by Crippen LogP contribution is 2.34. The van der Waals surface area contributed by atoms with Gasteiger partial charge in [0.15, 0.2) is 5.72 Å². The number of amides is 2. The van der Waals surface area contributed by atoms with Crippen LogP contribution >= 0.6 is 0 Å². The zero-order valence-electron chi connectivity index (χ0n) is 12.8. The molecular weight excluding hydrogens is 300 g/mol. The molecule has 1 atom stereocenters. The fraction of sp³-hybridized carbons (Fsp3) is 0.438. The van der Waals surface area contributed by atoms with Crippen molar-refractivity contribution in [1.82, 2.24) is 10.2 Å². The molecule has 1 aromatic carbocycles. The Morgan fingerprint density at radius 2 is 2.17 bits per heavy atom. The number of hydrogen-bond acceptors (Lipinski definition) is 4. The minimum atomic E-state index is -1.05. The lowest BCUT2D eigenvalue weighted by molar-refractivity contribution is -0.144. The number of benzene rings is 1. The Labute approximate surface area is 133 Å². The summed E-state index contributed by atoms with van der Waals surface area (Å²) in [5.74, 6) is -1.02. The number of hydrogen-bond donors (Lipinski definition) is 2. The summed E-state index contributed by atoms with van der Waals surface area (Å²) in [5, 5.41) is 11.7. The second-order valence-corrected chi connectivity index (χ2v) is 6.01. The third-order valence-electron chi connectivity index (χ3n) is 4.23. The molecular formula is C16H18N2O5. The number of carboxylic acids is 1. The minimum Gasteiger partial charge on any atom is -0.480 e. The normalized spacial score (nSPS) is 23.8. The van der Waals surface area contributed by atoms with Crippen molar-refractivity contribution < 1.29 is 24.2 Å². The molecule has 1 saturated heterocycles. The van der Waals surface area contributed by atoms with Gasteiger partial charge >= 0.3 is 5.97 Å². The van der Waals surface area contributed by atoms with Crippen LogP contribution in [0.3, 0.4) is 0 Å². The first-order chi connectivity index (χ1) is 10.9. The molecule has 0 radical (unpaired) electrons. The third-order valence-corrected chi connectivity index (χ3v) is 4.23. The molecule has 2 amide bonds. The number of fused-ring (bicyclic) bond motifs is 1. The first-order valence-corrected chi connectivity index (χ1v) is 7.50. The zero-order chi connectivity index (χ0) is 16.6. The Morgan fingerprint density at radius 3 is 2.91 bits per heavy atom. The number of nitrogens with one attached hydrogen (secondary N) is 1. The van der Waals surface area contributed by atoms with Crippen molar-refractivity contribution in [2.75, 3.05) is 13.1 Å². The van der Waals surface area contributed by atoms with Gasteiger partial charge in [0.1, 0.15) is 12.3 Å². The number of ether oxygens (including phenoxy) is 1. The van der Waals surface area contributed by atoms with E-state index in [2.05, 4.69) is 5.32 Å². The molecule has 2 aliphatic heterocycles. The van der Waals surface area contributed by atoms with Crippen LogP contribution in [0.15, 0.2) is 18.2 Å². The minimum absolute atomic E-state index is 0.134. The van der Waals surface area contributed by atoms with Gasteiger partial charge < -0.3 is 20.1 Å². The number of aryl methyl sites for hydroxylation is 1. The number of carboxylic acid groups (broad SMARTS) is 1. The fourth-order valence-corrected chi connectivity index (χ4v) is 3.01. The SMILES string of the molecule is Cc1ccc2c(c1)C(=O)N[C@@]1(CCC(=O)N(CC(=O)O)CC1)O2. The van der Waals surface area contributed by atoms with Gasteiger partial charge in [-0.3, -0.25) is 14.4 Å². The molecule has 122 valence electrons. The van der Waals surface area contributed by atoms with E-state index >= 15 is 0 Å². The van der Waals surface area contributed by atoms with Crippen molar-refractivity contribution >= 4 is 17.8 Å². The molecule has 1 fully saturated rings. The Morgan fingerprint density at radius 1 is 1.39 bits per heavy atom. The van der Waals surface area contributed by atoms with Crippen molar-refractivity contribution in [2.24, 2.45) is 0 Å². The van der Waals surface area contributed by atoms with Crippen LogP contribution in [0.1, 0.15) is 35.2 Å². The largest absolute Gasteiger partial charge is 0.480 e. The van der Waals surface area contributed by atoms with Crippen LogP contribution in [0.25, 0.3) is 0 Å². The van der Waals surface area contributed by atoms with Gasteiger partial charge in [0.25, 0.3) is 5.91 Å². The predicted molar refractivity (Wildman–Crippen MR) is 80.1 cm³/mol. The molecule has 7 nitrogen and oxygen atoms in total. The standard InChI is InChI=1S/C16H18N2O5/c1-10-2-3-12-11(8-10)15(22)17-16(23-12)5-4-13(19)18(7-6-16)9-14(20)21/h2-3,8H,4-7,9H2,1H3,(H,17,22)(H,20,21)/t16-/m0/s1. The van der Waals surface area contributed by atoms with E-state index in [1.807, 2.05) is 13.0 Å². The first kappa shape index (κ1) is 15.3. The van der Waals surface area contributed by atoms with Crippen LogP contribution in [0.4, 0.5) is 0 Å². The summed E-state index contributed by atoms with van der Waals surface area (Å²) in [7, 11) is 0. The molecule has 2 N–H and O–H groups in total. The van der Waals surface area contributed by atoms with Crippen molar-refractivity contribution in [2.45, 2.75) is 31.9 Å². The number of nitrogens with zero attached hydrogens (tertiary/aromatic N) is 1. The van der Waals surface area contributed by atoms with Crippen molar-refractivity contribution in [3.8, 4) is 5.75 Å². The Bertz CT molecular complexity index is 687. The highest BCUT2D eigenvalue weighted by Gasteiger charge is 2.42. The number of rotatable bonds is 2. The van der Waals surface area contributed by atoms with E-state index in [-0.39, 0.29) is 31.3 Å². The summed E-state index contributed by atoms with van der Waals surface area (Å²) in [6.07, 6.45) is 0.806. The summed E-state index contributed by atoms with van der Waals surface area (Å²) in [5.41, 5.74) is 0.484. The van der Waals surface area contributed by atoms with Gasteiger partial charge in [-0.05, 0) is 19.1 Å². The van der Waals surface area contributed by atoms with Crippen LogP contribution in [-0.4, -0.2) is 46.6 Å². The van der Waals surface area contributed by atoms with E-state index in [1.54, 1.807) is 12.1 Å². The van der Waals surface area contributed by atoms with Gasteiger partial charge in [0, 0.05) is 25.8 Å². The van der Waals surface area contributed by atoms with Gasteiger partial charge in [-0.2, -0.15) is 0 Å². The molecule has 0 aromatic heterocycles. The molecule has 2 aliphatic rings. The molecule has 0 saturated carbocycles. The molecule has 3 rings (SSSR count). The van der Waals surface area contributed by atoms with E-state index in [9.17, 15) is 14.4 Å². The summed E-state index contributed by atoms with van der Waals surface area (Å²) < 4.78 is 6.01. The predicted octanol–water partition coefficient (Wildman–Crippen LogP) is 0.911. The van der Waals surface area contributed by atoms with E-state index < -0.39 is 11.7 Å². The van der Waals surface area contributed by atoms with Gasteiger partial charge in [0.2, 0.25) is 5.91 Å². The molecule has 23 heavy (non-hydrogen) atoms. The van der Waals surface area contributed by atoms with Crippen molar-refractivity contribution in [1.29, 1.82) is 0 Å². The lowest BCUT2D eigenvalue weighted by Crippen LogP contribution is -2.56. The maximum Gasteiger partial charge on any atom is 0.323 e. The monoisotopic (exact) mass is 318 g/mol. The van der Waals surface area contributed by atoms with Crippen molar-refractivity contribution in [3.05, 3.63) is 29.3 Å². The molecule has 2 heterocycles. The van der Waals surface area contributed by atoms with Crippen LogP contribution in [0.5, 0.6) is 5.75 Å². The quantitative estimate of drug-likeness (QED) is 0.845. The van der Waals surface area contributed by atoms with E-state index in [4.69, 9.17) is 9.84 Å². The van der Waals surface area contributed by atoms with E-state index in [1.165, 1.54) is 4.90 Å². The van der Waals surface area contributed by atoms with Gasteiger partial charge in [0.05, 0.1) is 5.56 Å². The zero-order valence-corrected chi connectivity index (χ0v) is 12.8. The number of carbonyl (C=O) groups is 3. The Hall–Kier alpha value is -2.57. The molecule has 7 heteroatoms. The average Bonchev–Trinajstić information content (AvgIpc) is 2.62. The maximum atomic E-state index is 12.4. The smallest absolute Gasteiger partial charge is 0.323 e. The highest BCUT2D eigenvalue weighted by molar-refractivity contribution is 5.98. The fourth-order valence-electron chi connectivity index (χ4n) is 3.01. The third kappa shape index (κ3) is 2.99. The second kappa shape index (κ2) is 5.57. The van der Waals surface area contributed by atoms with Gasteiger partial charge in [-0.1, -0.05) is 11.6 Å². The molecule has 0 unspecified atom stereocenters. The molecule has 0 bridgehead atoms. The Kier molecular flexibility index (Phi) is 3.71. The van der Waals surface area contributed by atoms with Crippen molar-refractivity contribution in [3.63, 3.8) is 0 Å². The lowest BCUT2D eigenvalue weighted by Gasteiger charge is -2.38. The lowest BCUT2D eigenvalue weighted by atomic mass is 9.99. The van der Waals surface area contributed by atoms with Crippen LogP contribution in [-0.2, 0) is 9.59 Å². The molecule has 0 aliphatic carbocycles. The van der Waals surface area contributed by atoms with E-state index in [0.717, 1.165) is 5.56 Å². The number of carbonyl (C=O) groups excluding carboxylic acids is 2. The second-order valence-electron chi connectivity index (χ2n) is 6.01. The summed E-state index contributed by atoms with van der Waals surface area (Å²) >= 11 is 0. The first-order valence-electron chi connectivity index (χ1n) is 7.50. The summed E-state index contributed by atoms with van der Waals surface area (Å²) in [6.45, 7) is 1.79. The van der Waals surface area contributed by atoms with Crippen LogP contribution in [0, 0.1) is 6.92 Å². The topological polar surface area (TPSA) is 95.9 Å². The number of aliphatic carboxylic acids is 1. The summed E-state index contributed by atoms with van der Waals surface area (Å²) in [4.78, 5) is 36.6. The Balaban J connectivity index is 1.83.